The van der Waals surface area contributed by atoms with Crippen LogP contribution < -0.4 is 23.7 Å². The van der Waals surface area contributed by atoms with Gasteiger partial charge in [0, 0.05) is 17.7 Å². The Morgan fingerprint density at radius 1 is 1.00 bits per heavy atom. The van der Waals surface area contributed by atoms with Crippen molar-refractivity contribution in [2.45, 2.75) is 19.8 Å². The summed E-state index contributed by atoms with van der Waals surface area (Å²) in [5.74, 6) is 1.88. The molecule has 1 aliphatic carbocycles. The lowest BCUT2D eigenvalue weighted by atomic mass is 10.0. The molecule has 0 bridgehead atoms. The SMILES string of the molecule is COc1cc(OC)c(OC)cc1/C=C1\Oc2cc(OC(=O)C3CC3)cc(C)c2C1=O. The van der Waals surface area contributed by atoms with Crippen molar-refractivity contribution in [3.8, 4) is 28.7 Å². The van der Waals surface area contributed by atoms with Gasteiger partial charge in [-0.05, 0) is 43.5 Å². The third-order valence-corrected chi connectivity index (χ3v) is 5.10. The van der Waals surface area contributed by atoms with E-state index in [2.05, 4.69) is 0 Å². The fraction of sp³-hybridized carbons (Fsp3) is 0.304. The average Bonchev–Trinajstić information content (AvgIpc) is 3.53. The molecule has 0 aromatic heterocycles. The van der Waals surface area contributed by atoms with E-state index in [9.17, 15) is 9.59 Å². The number of hydrogen-bond acceptors (Lipinski definition) is 7. The molecular formula is C23H22O7. The molecule has 156 valence electrons. The number of esters is 1. The fourth-order valence-corrected chi connectivity index (χ4v) is 3.36. The molecular weight excluding hydrogens is 388 g/mol. The number of Topliss-reactive ketones (excluding diaryl/α,β-unsaturated/α-hetero) is 1. The zero-order chi connectivity index (χ0) is 21.4. The van der Waals surface area contributed by atoms with Crippen molar-refractivity contribution in [2.75, 3.05) is 21.3 Å². The summed E-state index contributed by atoms with van der Waals surface area (Å²) in [5.41, 5.74) is 1.73. The fourth-order valence-electron chi connectivity index (χ4n) is 3.36. The van der Waals surface area contributed by atoms with Gasteiger partial charge in [-0.2, -0.15) is 0 Å². The van der Waals surface area contributed by atoms with Crippen LogP contribution in [-0.4, -0.2) is 33.1 Å². The van der Waals surface area contributed by atoms with Crippen molar-refractivity contribution in [1.82, 2.24) is 0 Å². The predicted molar refractivity (Wildman–Crippen MR) is 109 cm³/mol. The van der Waals surface area contributed by atoms with Gasteiger partial charge in [-0.15, -0.1) is 0 Å². The summed E-state index contributed by atoms with van der Waals surface area (Å²) in [6.07, 6.45) is 3.31. The first-order valence-corrected chi connectivity index (χ1v) is 9.55. The highest BCUT2D eigenvalue weighted by atomic mass is 16.5. The number of aryl methyl sites for hydroxylation is 1. The van der Waals surface area contributed by atoms with Crippen molar-refractivity contribution in [1.29, 1.82) is 0 Å². The van der Waals surface area contributed by atoms with E-state index in [-0.39, 0.29) is 23.4 Å². The Kier molecular flexibility index (Phi) is 5.11. The molecule has 2 aliphatic rings. The van der Waals surface area contributed by atoms with E-state index < -0.39 is 0 Å². The molecule has 7 nitrogen and oxygen atoms in total. The van der Waals surface area contributed by atoms with Crippen molar-refractivity contribution in [3.63, 3.8) is 0 Å². The summed E-state index contributed by atoms with van der Waals surface area (Å²) in [7, 11) is 4.59. The highest BCUT2D eigenvalue weighted by molar-refractivity contribution is 6.15. The van der Waals surface area contributed by atoms with Crippen LogP contribution in [0.2, 0.25) is 0 Å². The van der Waals surface area contributed by atoms with Crippen LogP contribution in [0.5, 0.6) is 28.7 Å². The van der Waals surface area contributed by atoms with Crippen LogP contribution in [0.1, 0.15) is 34.3 Å². The summed E-state index contributed by atoms with van der Waals surface area (Å²) in [5, 5.41) is 0. The Balaban J connectivity index is 1.67. The van der Waals surface area contributed by atoms with Gasteiger partial charge in [-0.25, -0.2) is 0 Å². The molecule has 0 unspecified atom stereocenters. The number of hydrogen-bond donors (Lipinski definition) is 0. The number of allylic oxidation sites excluding steroid dienone is 1. The van der Waals surface area contributed by atoms with E-state index in [0.29, 0.717) is 45.4 Å². The van der Waals surface area contributed by atoms with Crippen LogP contribution in [0.3, 0.4) is 0 Å². The number of rotatable bonds is 6. The van der Waals surface area contributed by atoms with Crippen LogP contribution in [0.4, 0.5) is 0 Å². The zero-order valence-electron chi connectivity index (χ0n) is 17.2. The Morgan fingerprint density at radius 2 is 1.67 bits per heavy atom. The van der Waals surface area contributed by atoms with Gasteiger partial charge in [0.05, 0.1) is 32.8 Å². The Hall–Kier alpha value is -3.48. The lowest BCUT2D eigenvalue weighted by Crippen LogP contribution is -2.10. The zero-order valence-corrected chi connectivity index (χ0v) is 17.2. The standard InChI is InChI=1S/C23H22O7/c1-12-7-15(29-23(25)13-5-6-13)10-19-21(12)22(24)20(30-19)9-14-8-17(27-3)18(28-4)11-16(14)26-2/h7-11,13H,5-6H2,1-4H3/b20-9-. The van der Waals surface area contributed by atoms with Crippen molar-refractivity contribution < 1.29 is 33.3 Å². The maximum Gasteiger partial charge on any atom is 0.314 e. The first-order chi connectivity index (χ1) is 14.4. The largest absolute Gasteiger partial charge is 0.496 e. The average molecular weight is 410 g/mol. The lowest BCUT2D eigenvalue weighted by molar-refractivity contribution is -0.135. The van der Waals surface area contributed by atoms with Gasteiger partial charge in [-0.3, -0.25) is 9.59 Å². The molecule has 1 saturated carbocycles. The maximum atomic E-state index is 13.0. The minimum atomic E-state index is -0.251. The highest BCUT2D eigenvalue weighted by Gasteiger charge is 2.34. The van der Waals surface area contributed by atoms with Crippen LogP contribution in [-0.2, 0) is 4.79 Å². The molecule has 0 radical (unpaired) electrons. The number of ketones is 1. The highest BCUT2D eigenvalue weighted by Crippen LogP contribution is 2.41. The van der Waals surface area contributed by atoms with Gasteiger partial charge >= 0.3 is 5.97 Å². The second-order valence-corrected chi connectivity index (χ2v) is 7.20. The van der Waals surface area contributed by atoms with Gasteiger partial charge < -0.3 is 23.7 Å². The van der Waals surface area contributed by atoms with E-state index in [1.807, 2.05) is 0 Å². The van der Waals surface area contributed by atoms with E-state index in [1.54, 1.807) is 37.3 Å². The monoisotopic (exact) mass is 410 g/mol. The summed E-state index contributed by atoms with van der Waals surface area (Å²) in [6.45, 7) is 1.79. The smallest absolute Gasteiger partial charge is 0.314 e. The van der Waals surface area contributed by atoms with E-state index in [0.717, 1.165) is 12.8 Å². The van der Waals surface area contributed by atoms with Crippen LogP contribution >= 0.6 is 0 Å². The molecule has 4 rings (SSSR count). The van der Waals surface area contributed by atoms with Crippen molar-refractivity contribution in [3.05, 3.63) is 46.7 Å². The number of fused-ring (bicyclic) bond motifs is 1. The predicted octanol–water partition coefficient (Wildman–Crippen LogP) is 3.95. The van der Waals surface area contributed by atoms with Crippen LogP contribution in [0.25, 0.3) is 6.08 Å². The number of carbonyl (C=O) groups excluding carboxylic acids is 2. The Morgan fingerprint density at radius 3 is 2.30 bits per heavy atom. The first-order valence-electron chi connectivity index (χ1n) is 9.55. The van der Waals surface area contributed by atoms with Crippen LogP contribution in [0, 0.1) is 12.8 Å². The number of benzene rings is 2. The molecule has 2 aromatic carbocycles. The normalized spacial score (nSPS) is 16.1. The van der Waals surface area contributed by atoms with E-state index >= 15 is 0 Å². The molecule has 0 spiro atoms. The molecule has 1 fully saturated rings. The third-order valence-electron chi connectivity index (χ3n) is 5.10. The Labute approximate surface area is 174 Å². The number of methoxy groups -OCH3 is 3. The van der Waals surface area contributed by atoms with Gasteiger partial charge in [0.15, 0.2) is 17.3 Å². The lowest BCUT2D eigenvalue weighted by Gasteiger charge is -2.12. The molecule has 30 heavy (non-hydrogen) atoms. The van der Waals surface area contributed by atoms with E-state index in [1.165, 1.54) is 21.3 Å². The number of ether oxygens (including phenoxy) is 5. The van der Waals surface area contributed by atoms with Crippen LogP contribution in [0.15, 0.2) is 30.0 Å². The minimum Gasteiger partial charge on any atom is -0.496 e. The molecule has 1 aliphatic heterocycles. The second-order valence-electron chi connectivity index (χ2n) is 7.20. The summed E-state index contributed by atoms with van der Waals surface area (Å²) in [6, 6.07) is 6.64. The Bertz CT molecular complexity index is 1060. The molecule has 0 amide bonds. The van der Waals surface area contributed by atoms with E-state index in [4.69, 9.17) is 23.7 Å². The first kappa shape index (κ1) is 19.8. The second kappa shape index (κ2) is 7.74. The molecule has 2 aromatic rings. The number of carbonyl (C=O) groups is 2. The van der Waals surface area contributed by atoms with Crippen molar-refractivity contribution >= 4 is 17.8 Å². The molecule has 1 heterocycles. The van der Waals surface area contributed by atoms with Gasteiger partial charge in [0.25, 0.3) is 0 Å². The molecule has 0 saturated heterocycles. The third kappa shape index (κ3) is 3.58. The summed E-state index contributed by atoms with van der Waals surface area (Å²) < 4.78 is 27.3. The van der Waals surface area contributed by atoms with Crippen molar-refractivity contribution in [2.24, 2.45) is 5.92 Å². The molecule has 0 N–H and O–H groups in total. The summed E-state index contributed by atoms with van der Waals surface area (Å²) in [4.78, 5) is 24.9. The molecule has 7 heteroatoms. The quantitative estimate of drug-likeness (QED) is 0.405. The minimum absolute atomic E-state index is 0.0194. The molecule has 0 atom stereocenters. The van der Waals surface area contributed by atoms with Gasteiger partial charge in [0.1, 0.15) is 17.2 Å². The van der Waals surface area contributed by atoms with Gasteiger partial charge in [0.2, 0.25) is 5.78 Å². The topological polar surface area (TPSA) is 80.3 Å². The maximum absolute atomic E-state index is 13.0. The van der Waals surface area contributed by atoms with Gasteiger partial charge in [-0.1, -0.05) is 0 Å². The summed E-state index contributed by atoms with van der Waals surface area (Å²) >= 11 is 0.